The second-order valence-electron chi connectivity index (χ2n) is 5.30. The third kappa shape index (κ3) is 5.33. The van der Waals surface area contributed by atoms with Crippen LogP contribution in [0.5, 0.6) is 0 Å². The van der Waals surface area contributed by atoms with E-state index in [4.69, 9.17) is 5.26 Å². The van der Waals surface area contributed by atoms with E-state index < -0.39 is 0 Å². The van der Waals surface area contributed by atoms with Crippen molar-refractivity contribution in [3.05, 3.63) is 35.4 Å². The molecular weight excluding hydrogens is 220 g/mol. The van der Waals surface area contributed by atoms with Gasteiger partial charge in [0.2, 0.25) is 0 Å². The van der Waals surface area contributed by atoms with Gasteiger partial charge in [0.25, 0.3) is 0 Å². The first kappa shape index (κ1) is 14.7. The van der Waals surface area contributed by atoms with Gasteiger partial charge >= 0.3 is 0 Å². The molecule has 0 heterocycles. The molecule has 0 amide bonds. The Morgan fingerprint density at radius 1 is 1.11 bits per heavy atom. The Morgan fingerprint density at radius 2 is 1.78 bits per heavy atom. The zero-order valence-corrected chi connectivity index (χ0v) is 11.7. The van der Waals surface area contributed by atoms with E-state index in [9.17, 15) is 0 Å². The van der Waals surface area contributed by atoms with Gasteiger partial charge in [-0.25, -0.2) is 0 Å². The van der Waals surface area contributed by atoms with Crippen molar-refractivity contribution in [3.63, 3.8) is 0 Å². The largest absolute Gasteiger partial charge is 0.310 e. The highest BCUT2D eigenvalue weighted by atomic mass is 14.9. The average Bonchev–Trinajstić information content (AvgIpc) is 2.38. The maximum Gasteiger partial charge on any atom is 0.0991 e. The molecule has 0 fully saturated rings. The molecule has 98 valence electrons. The Balaban J connectivity index is 2.27. The van der Waals surface area contributed by atoms with Crippen molar-refractivity contribution in [1.29, 1.82) is 5.26 Å². The SMILES string of the molecule is CC(C)CCCCNC(C)c1ccc(C#N)cc1. The number of hydrogen-bond acceptors (Lipinski definition) is 2. The fourth-order valence-corrected chi connectivity index (χ4v) is 1.96. The summed E-state index contributed by atoms with van der Waals surface area (Å²) in [5, 5.41) is 12.3. The van der Waals surface area contributed by atoms with Gasteiger partial charge in [0.05, 0.1) is 11.6 Å². The van der Waals surface area contributed by atoms with E-state index in [2.05, 4.69) is 32.2 Å². The van der Waals surface area contributed by atoms with Gasteiger partial charge in [0.15, 0.2) is 0 Å². The highest BCUT2D eigenvalue weighted by molar-refractivity contribution is 5.32. The standard InChI is InChI=1S/C16H24N2/c1-13(2)6-4-5-11-18-14(3)16-9-7-15(12-17)8-10-16/h7-10,13-14,18H,4-6,11H2,1-3H3. The van der Waals surface area contributed by atoms with Gasteiger partial charge in [0, 0.05) is 6.04 Å². The molecule has 0 aliphatic rings. The van der Waals surface area contributed by atoms with Crippen LogP contribution in [0.25, 0.3) is 0 Å². The number of unbranched alkanes of at least 4 members (excludes halogenated alkanes) is 1. The molecule has 0 aliphatic heterocycles. The molecule has 1 N–H and O–H groups in total. The molecule has 1 aromatic rings. The van der Waals surface area contributed by atoms with Crippen molar-refractivity contribution < 1.29 is 0 Å². The van der Waals surface area contributed by atoms with Gasteiger partial charge in [-0.2, -0.15) is 5.26 Å². The third-order valence-electron chi connectivity index (χ3n) is 3.20. The van der Waals surface area contributed by atoms with Crippen LogP contribution in [0.3, 0.4) is 0 Å². The summed E-state index contributed by atoms with van der Waals surface area (Å²) < 4.78 is 0. The van der Waals surface area contributed by atoms with Crippen molar-refractivity contribution in [2.45, 2.75) is 46.1 Å². The second kappa shape index (κ2) is 7.89. The Kier molecular flexibility index (Phi) is 6.46. The smallest absolute Gasteiger partial charge is 0.0991 e. The second-order valence-corrected chi connectivity index (χ2v) is 5.30. The lowest BCUT2D eigenvalue weighted by Crippen LogP contribution is -2.19. The van der Waals surface area contributed by atoms with Gasteiger partial charge in [-0.05, 0) is 43.5 Å². The summed E-state index contributed by atoms with van der Waals surface area (Å²) in [4.78, 5) is 0. The van der Waals surface area contributed by atoms with Crippen molar-refractivity contribution in [2.24, 2.45) is 5.92 Å². The molecule has 0 radical (unpaired) electrons. The van der Waals surface area contributed by atoms with Crippen LogP contribution in [0.1, 0.15) is 57.2 Å². The van der Waals surface area contributed by atoms with Crippen LogP contribution in [0, 0.1) is 17.2 Å². The van der Waals surface area contributed by atoms with E-state index in [-0.39, 0.29) is 0 Å². The lowest BCUT2D eigenvalue weighted by molar-refractivity contribution is 0.498. The number of nitrogens with one attached hydrogen (secondary N) is 1. The molecule has 0 aliphatic carbocycles. The summed E-state index contributed by atoms with van der Waals surface area (Å²) in [5.41, 5.74) is 1.97. The van der Waals surface area contributed by atoms with Crippen LogP contribution in [-0.4, -0.2) is 6.54 Å². The molecule has 2 nitrogen and oxygen atoms in total. The number of benzene rings is 1. The Labute approximate surface area is 111 Å². The number of rotatable bonds is 7. The highest BCUT2D eigenvalue weighted by Crippen LogP contribution is 2.13. The molecule has 1 unspecified atom stereocenters. The summed E-state index contributed by atoms with van der Waals surface area (Å²) in [6.45, 7) is 7.78. The molecule has 1 aromatic carbocycles. The van der Waals surface area contributed by atoms with Crippen molar-refractivity contribution in [2.75, 3.05) is 6.54 Å². The van der Waals surface area contributed by atoms with Crippen LogP contribution in [0.4, 0.5) is 0 Å². The summed E-state index contributed by atoms with van der Waals surface area (Å²) in [6, 6.07) is 10.3. The Bertz CT molecular complexity index is 373. The molecule has 1 rings (SSSR count). The van der Waals surface area contributed by atoms with Crippen molar-refractivity contribution in [1.82, 2.24) is 5.32 Å². The van der Waals surface area contributed by atoms with Gasteiger partial charge in [0.1, 0.15) is 0 Å². The van der Waals surface area contributed by atoms with E-state index >= 15 is 0 Å². The molecule has 1 atom stereocenters. The summed E-state index contributed by atoms with van der Waals surface area (Å²) in [6.07, 6.45) is 3.84. The summed E-state index contributed by atoms with van der Waals surface area (Å²) >= 11 is 0. The van der Waals surface area contributed by atoms with E-state index in [0.29, 0.717) is 6.04 Å². The minimum atomic E-state index is 0.358. The monoisotopic (exact) mass is 244 g/mol. The molecule has 0 saturated heterocycles. The van der Waals surface area contributed by atoms with Crippen LogP contribution < -0.4 is 5.32 Å². The molecule has 0 spiro atoms. The van der Waals surface area contributed by atoms with Crippen LogP contribution in [0.15, 0.2) is 24.3 Å². The molecule has 18 heavy (non-hydrogen) atoms. The number of hydrogen-bond donors (Lipinski definition) is 1. The third-order valence-corrected chi connectivity index (χ3v) is 3.20. The highest BCUT2D eigenvalue weighted by Gasteiger charge is 2.04. The van der Waals surface area contributed by atoms with Crippen LogP contribution in [0.2, 0.25) is 0 Å². The number of nitriles is 1. The first-order chi connectivity index (χ1) is 8.63. The van der Waals surface area contributed by atoms with Gasteiger partial charge in [-0.3, -0.25) is 0 Å². The van der Waals surface area contributed by atoms with E-state index in [1.807, 2.05) is 24.3 Å². The minimum absolute atomic E-state index is 0.358. The van der Waals surface area contributed by atoms with Crippen molar-refractivity contribution >= 4 is 0 Å². The Morgan fingerprint density at radius 3 is 2.33 bits per heavy atom. The zero-order chi connectivity index (χ0) is 13.4. The molecule has 0 saturated carbocycles. The number of nitrogens with zero attached hydrogens (tertiary/aromatic N) is 1. The topological polar surface area (TPSA) is 35.8 Å². The fourth-order valence-electron chi connectivity index (χ4n) is 1.96. The molecule has 0 bridgehead atoms. The lowest BCUT2D eigenvalue weighted by atomic mass is 10.1. The lowest BCUT2D eigenvalue weighted by Gasteiger charge is -2.14. The molecular formula is C16H24N2. The maximum absolute atomic E-state index is 8.75. The fraction of sp³-hybridized carbons (Fsp3) is 0.562. The van der Waals surface area contributed by atoms with Crippen molar-refractivity contribution in [3.8, 4) is 6.07 Å². The van der Waals surface area contributed by atoms with Crippen LogP contribution >= 0.6 is 0 Å². The molecule has 0 aromatic heterocycles. The maximum atomic E-state index is 8.75. The summed E-state index contributed by atoms with van der Waals surface area (Å²) in [7, 11) is 0. The molecule has 2 heteroatoms. The van der Waals surface area contributed by atoms with Crippen LogP contribution in [-0.2, 0) is 0 Å². The van der Waals surface area contributed by atoms with Gasteiger partial charge in [-0.1, -0.05) is 38.8 Å². The predicted molar refractivity (Wildman–Crippen MR) is 76.3 cm³/mol. The minimum Gasteiger partial charge on any atom is -0.310 e. The first-order valence-corrected chi connectivity index (χ1v) is 6.87. The average molecular weight is 244 g/mol. The first-order valence-electron chi connectivity index (χ1n) is 6.87. The van der Waals surface area contributed by atoms with E-state index in [1.165, 1.54) is 24.8 Å². The van der Waals surface area contributed by atoms with Gasteiger partial charge < -0.3 is 5.32 Å². The van der Waals surface area contributed by atoms with Gasteiger partial charge in [-0.15, -0.1) is 0 Å². The Hall–Kier alpha value is -1.33. The predicted octanol–water partition coefficient (Wildman–Crippen LogP) is 4.04. The van der Waals surface area contributed by atoms with E-state index in [0.717, 1.165) is 18.0 Å². The van der Waals surface area contributed by atoms with E-state index in [1.54, 1.807) is 0 Å². The normalized spacial score (nSPS) is 12.4. The quantitative estimate of drug-likeness (QED) is 0.735. The summed E-state index contributed by atoms with van der Waals surface area (Å²) in [5.74, 6) is 0.806. The zero-order valence-electron chi connectivity index (χ0n) is 11.7.